The highest BCUT2D eigenvalue weighted by atomic mass is 35.5. The highest BCUT2D eigenvalue weighted by molar-refractivity contribution is 6.33. The van der Waals surface area contributed by atoms with E-state index < -0.39 is 11.5 Å². The van der Waals surface area contributed by atoms with Crippen LogP contribution in [0.1, 0.15) is 26.7 Å². The third-order valence-electron chi connectivity index (χ3n) is 5.71. The minimum Gasteiger partial charge on any atom is -0.396 e. The average molecular weight is 336 g/mol. The maximum atomic E-state index is 9.96. The van der Waals surface area contributed by atoms with Gasteiger partial charge in [-0.05, 0) is 32.3 Å². The zero-order valence-corrected chi connectivity index (χ0v) is 13.7. The molecule has 5 rings (SSSR count). The van der Waals surface area contributed by atoms with Crippen LogP contribution in [-0.2, 0) is 15.2 Å². The van der Waals surface area contributed by atoms with E-state index in [2.05, 4.69) is 9.97 Å². The SMILES string of the molecule is CC1(C)O[C@@H]2[C@]3(CO)C[C@@H]3C[C@]2(n2ccc3c(Cl)ncnc32)O1. The van der Waals surface area contributed by atoms with Gasteiger partial charge in [-0.3, -0.25) is 0 Å². The molecule has 3 fully saturated rings. The van der Waals surface area contributed by atoms with Gasteiger partial charge in [0, 0.05) is 18.0 Å². The summed E-state index contributed by atoms with van der Waals surface area (Å²) in [4.78, 5) is 8.45. The van der Waals surface area contributed by atoms with Crippen LogP contribution < -0.4 is 0 Å². The summed E-state index contributed by atoms with van der Waals surface area (Å²) < 4.78 is 14.7. The molecule has 0 aromatic carbocycles. The number of ether oxygens (including phenoxy) is 2. The highest BCUT2D eigenvalue weighted by Crippen LogP contribution is 2.72. The van der Waals surface area contributed by atoms with E-state index in [0.29, 0.717) is 11.1 Å². The van der Waals surface area contributed by atoms with Crippen molar-refractivity contribution >= 4 is 22.6 Å². The molecule has 1 N–H and O–H groups in total. The molecule has 2 aliphatic carbocycles. The van der Waals surface area contributed by atoms with E-state index in [9.17, 15) is 5.11 Å². The maximum Gasteiger partial charge on any atom is 0.176 e. The first kappa shape index (κ1) is 14.2. The summed E-state index contributed by atoms with van der Waals surface area (Å²) in [6, 6.07) is 1.91. The molecule has 2 aromatic heterocycles. The van der Waals surface area contributed by atoms with Crippen LogP contribution in [0, 0.1) is 11.3 Å². The van der Waals surface area contributed by atoms with Crippen molar-refractivity contribution in [2.24, 2.45) is 11.3 Å². The number of aliphatic hydroxyl groups excluding tert-OH is 1. The van der Waals surface area contributed by atoms with Gasteiger partial charge in [-0.25, -0.2) is 9.97 Å². The van der Waals surface area contributed by atoms with E-state index in [1.54, 1.807) is 0 Å². The van der Waals surface area contributed by atoms with Gasteiger partial charge in [0.1, 0.15) is 23.2 Å². The molecule has 6 nitrogen and oxygen atoms in total. The molecule has 2 aromatic rings. The number of rotatable bonds is 2. The molecule has 0 amide bonds. The summed E-state index contributed by atoms with van der Waals surface area (Å²) in [5.74, 6) is -0.281. The lowest BCUT2D eigenvalue weighted by Gasteiger charge is -2.33. The Bertz CT molecular complexity index is 818. The largest absolute Gasteiger partial charge is 0.396 e. The van der Waals surface area contributed by atoms with Crippen molar-refractivity contribution in [2.75, 3.05) is 6.61 Å². The van der Waals surface area contributed by atoms with Crippen LogP contribution in [0.3, 0.4) is 0 Å². The van der Waals surface area contributed by atoms with Crippen molar-refractivity contribution in [1.29, 1.82) is 0 Å². The normalized spacial score (nSPS) is 40.3. The predicted molar refractivity (Wildman–Crippen MR) is 82.8 cm³/mol. The molecule has 3 heterocycles. The van der Waals surface area contributed by atoms with Crippen molar-refractivity contribution in [3.63, 3.8) is 0 Å². The maximum absolute atomic E-state index is 9.96. The summed E-state index contributed by atoms with van der Waals surface area (Å²) >= 11 is 6.19. The zero-order chi connectivity index (χ0) is 16.0. The average Bonchev–Trinajstić information content (AvgIpc) is 2.79. The van der Waals surface area contributed by atoms with Gasteiger partial charge >= 0.3 is 0 Å². The smallest absolute Gasteiger partial charge is 0.176 e. The number of nitrogens with zero attached hydrogens (tertiary/aromatic N) is 3. The third-order valence-corrected chi connectivity index (χ3v) is 6.01. The summed E-state index contributed by atoms with van der Waals surface area (Å²) in [6.45, 7) is 3.96. The fourth-order valence-electron chi connectivity index (χ4n) is 4.72. The molecule has 3 aliphatic rings. The van der Waals surface area contributed by atoms with Gasteiger partial charge < -0.3 is 19.1 Å². The zero-order valence-electron chi connectivity index (χ0n) is 13.0. The van der Waals surface area contributed by atoms with E-state index in [4.69, 9.17) is 21.1 Å². The fourth-order valence-corrected chi connectivity index (χ4v) is 4.91. The van der Waals surface area contributed by atoms with Gasteiger partial charge in [-0.2, -0.15) is 0 Å². The first-order valence-electron chi connectivity index (χ1n) is 7.89. The standard InChI is InChI=1S/C16H18ClN3O3/c1-14(2)22-13-15(7-21)5-9(15)6-16(13,23-14)20-4-3-10-11(17)18-8-19-12(10)20/h3-4,8-9,13,21H,5-7H2,1-2H3/t9-,13-,15+,16+/m1/s1. The van der Waals surface area contributed by atoms with Crippen molar-refractivity contribution in [3.05, 3.63) is 23.7 Å². The van der Waals surface area contributed by atoms with Gasteiger partial charge in [-0.15, -0.1) is 0 Å². The number of aromatic nitrogens is 3. The van der Waals surface area contributed by atoms with Gasteiger partial charge in [0.2, 0.25) is 0 Å². The quantitative estimate of drug-likeness (QED) is 0.853. The Balaban J connectivity index is 1.72. The van der Waals surface area contributed by atoms with Gasteiger partial charge in [0.15, 0.2) is 11.5 Å². The summed E-state index contributed by atoms with van der Waals surface area (Å²) in [7, 11) is 0. The summed E-state index contributed by atoms with van der Waals surface area (Å²) in [5.41, 5.74) is -0.0962. The first-order valence-corrected chi connectivity index (χ1v) is 8.27. The first-order chi connectivity index (χ1) is 10.9. The number of hydrogen-bond donors (Lipinski definition) is 1. The van der Waals surface area contributed by atoms with Crippen molar-refractivity contribution < 1.29 is 14.6 Å². The lowest BCUT2D eigenvalue weighted by Crippen LogP contribution is -2.44. The molecule has 0 radical (unpaired) electrons. The van der Waals surface area contributed by atoms with Crippen LogP contribution in [0.5, 0.6) is 0 Å². The molecule has 1 saturated heterocycles. The van der Waals surface area contributed by atoms with E-state index in [1.165, 1.54) is 6.33 Å². The lowest BCUT2D eigenvalue weighted by molar-refractivity contribution is -0.188. The number of halogens is 1. The monoisotopic (exact) mass is 335 g/mol. The molecule has 4 atom stereocenters. The molecule has 7 heteroatoms. The Morgan fingerprint density at radius 1 is 1.39 bits per heavy atom. The minimum absolute atomic E-state index is 0.123. The number of fused-ring (bicyclic) bond motifs is 4. The van der Waals surface area contributed by atoms with E-state index in [1.807, 2.05) is 30.7 Å². The topological polar surface area (TPSA) is 69.4 Å². The molecule has 2 saturated carbocycles. The van der Waals surface area contributed by atoms with Gasteiger partial charge in [0.05, 0.1) is 12.0 Å². The molecule has 0 unspecified atom stereocenters. The molecular weight excluding hydrogens is 318 g/mol. The molecule has 0 spiro atoms. The van der Waals surface area contributed by atoms with Crippen LogP contribution in [0.15, 0.2) is 18.6 Å². The molecule has 122 valence electrons. The summed E-state index contributed by atoms with van der Waals surface area (Å²) in [6.07, 6.45) is 5.02. The van der Waals surface area contributed by atoms with Gasteiger partial charge in [0.25, 0.3) is 0 Å². The van der Waals surface area contributed by atoms with E-state index in [-0.39, 0.29) is 18.1 Å². The van der Waals surface area contributed by atoms with Crippen molar-refractivity contribution in [3.8, 4) is 0 Å². The Morgan fingerprint density at radius 3 is 3.00 bits per heavy atom. The fraction of sp³-hybridized carbons (Fsp3) is 0.625. The van der Waals surface area contributed by atoms with Crippen LogP contribution in [0.2, 0.25) is 5.15 Å². The second-order valence-corrected chi connectivity index (χ2v) is 7.79. The molecule has 0 bridgehead atoms. The Kier molecular flexibility index (Phi) is 2.50. The number of aliphatic hydroxyl groups is 1. The Labute approximate surface area is 138 Å². The van der Waals surface area contributed by atoms with Crippen LogP contribution in [0.25, 0.3) is 11.0 Å². The van der Waals surface area contributed by atoms with Crippen LogP contribution >= 0.6 is 11.6 Å². The van der Waals surface area contributed by atoms with Gasteiger partial charge in [-0.1, -0.05) is 11.6 Å². The van der Waals surface area contributed by atoms with E-state index in [0.717, 1.165) is 23.9 Å². The molecular formula is C16H18ClN3O3. The Morgan fingerprint density at radius 2 is 2.22 bits per heavy atom. The molecule has 1 aliphatic heterocycles. The van der Waals surface area contributed by atoms with Crippen LogP contribution in [0.4, 0.5) is 0 Å². The third kappa shape index (κ3) is 1.60. The second kappa shape index (κ2) is 4.06. The summed E-state index contributed by atoms with van der Waals surface area (Å²) in [5, 5.41) is 11.2. The highest BCUT2D eigenvalue weighted by Gasteiger charge is 2.77. The second-order valence-electron chi connectivity index (χ2n) is 7.43. The number of hydrogen-bond acceptors (Lipinski definition) is 5. The van der Waals surface area contributed by atoms with E-state index >= 15 is 0 Å². The van der Waals surface area contributed by atoms with Crippen molar-refractivity contribution in [2.45, 2.75) is 44.3 Å². The lowest BCUT2D eigenvalue weighted by atomic mass is 9.96. The minimum atomic E-state index is -0.701. The van der Waals surface area contributed by atoms with Crippen molar-refractivity contribution in [1.82, 2.24) is 14.5 Å². The molecule has 23 heavy (non-hydrogen) atoms. The van der Waals surface area contributed by atoms with Crippen LogP contribution in [-0.4, -0.2) is 38.1 Å². The Hall–Kier alpha value is -1.21. The predicted octanol–water partition coefficient (Wildman–Crippen LogP) is 2.29.